The smallest absolute Gasteiger partial charge is 0.261 e. The van der Waals surface area contributed by atoms with Crippen LogP contribution in [0.5, 0.6) is 0 Å². The number of hydrogen-bond donors (Lipinski definition) is 2. The molecule has 2 aromatic rings. The Morgan fingerprint density at radius 1 is 1.19 bits per heavy atom. The number of Topliss-reactive ketones (excluding diaryl/α,β-unsaturated/α-hetero) is 1. The maximum atomic E-state index is 12.8. The van der Waals surface area contributed by atoms with Gasteiger partial charge < -0.3 is 10.3 Å². The molecule has 0 fully saturated rings. The van der Waals surface area contributed by atoms with Crippen molar-refractivity contribution in [2.75, 3.05) is 5.32 Å². The quantitative estimate of drug-likeness (QED) is 0.820. The first kappa shape index (κ1) is 18.2. The minimum absolute atomic E-state index is 0.00702. The molecule has 5 nitrogen and oxygen atoms in total. The van der Waals surface area contributed by atoms with E-state index in [1.807, 2.05) is 20.8 Å². The lowest BCUT2D eigenvalue weighted by Crippen LogP contribution is -2.32. The molecule has 4 rings (SSSR count). The van der Waals surface area contributed by atoms with Crippen LogP contribution in [-0.2, 0) is 19.3 Å². The normalized spacial score (nSPS) is 18.0. The standard InChI is InChI=1S/C21H24N2O3S/c1-11-12-6-4-5-7-17(12)27-20(11)23-19(26)14-8-13-15(22-18(14)25)9-21(2,3)10-16(13)24/h8H,4-7,9-10H2,1-3H3,(H,22,25)(H,23,26). The number of carbonyl (C=O) groups is 2. The van der Waals surface area contributed by atoms with Crippen LogP contribution in [0.25, 0.3) is 0 Å². The average Bonchev–Trinajstić information content (AvgIpc) is 2.89. The van der Waals surface area contributed by atoms with Gasteiger partial charge in [0.2, 0.25) is 0 Å². The van der Waals surface area contributed by atoms with Crippen molar-refractivity contribution in [2.45, 2.75) is 59.3 Å². The predicted octanol–water partition coefficient (Wildman–Crippen LogP) is 4.03. The number of nitrogens with one attached hydrogen (secondary N) is 2. The number of anilines is 1. The third-order valence-corrected chi connectivity index (χ3v) is 6.93. The van der Waals surface area contributed by atoms with E-state index in [2.05, 4.69) is 10.3 Å². The van der Waals surface area contributed by atoms with Crippen molar-refractivity contribution in [3.63, 3.8) is 0 Å². The van der Waals surface area contributed by atoms with Crippen LogP contribution in [0.4, 0.5) is 5.00 Å². The van der Waals surface area contributed by atoms with E-state index < -0.39 is 11.5 Å². The van der Waals surface area contributed by atoms with Crippen LogP contribution >= 0.6 is 11.3 Å². The van der Waals surface area contributed by atoms with Gasteiger partial charge in [-0.25, -0.2) is 0 Å². The predicted molar refractivity (Wildman–Crippen MR) is 107 cm³/mol. The van der Waals surface area contributed by atoms with Crippen molar-refractivity contribution in [3.8, 4) is 0 Å². The monoisotopic (exact) mass is 384 g/mol. The van der Waals surface area contributed by atoms with Crippen LogP contribution in [0.3, 0.4) is 0 Å². The third kappa shape index (κ3) is 3.27. The molecular weight excluding hydrogens is 360 g/mol. The van der Waals surface area contributed by atoms with Crippen molar-refractivity contribution in [3.05, 3.63) is 49.2 Å². The molecule has 0 radical (unpaired) electrons. The molecule has 0 atom stereocenters. The van der Waals surface area contributed by atoms with E-state index in [4.69, 9.17) is 0 Å². The number of H-pyrrole nitrogens is 1. The fraction of sp³-hybridized carbons (Fsp3) is 0.476. The van der Waals surface area contributed by atoms with E-state index in [9.17, 15) is 14.4 Å². The number of aromatic nitrogens is 1. The summed E-state index contributed by atoms with van der Waals surface area (Å²) >= 11 is 1.61. The van der Waals surface area contributed by atoms with Crippen LogP contribution in [0.2, 0.25) is 0 Å². The Hall–Kier alpha value is -2.21. The summed E-state index contributed by atoms with van der Waals surface area (Å²) in [7, 11) is 0. The first-order chi connectivity index (χ1) is 12.7. The zero-order valence-corrected chi connectivity index (χ0v) is 16.8. The molecule has 0 unspecified atom stereocenters. The van der Waals surface area contributed by atoms with Crippen molar-refractivity contribution in [2.24, 2.45) is 5.41 Å². The number of fused-ring (bicyclic) bond motifs is 2. The van der Waals surface area contributed by atoms with Gasteiger partial charge in [-0.2, -0.15) is 0 Å². The van der Waals surface area contributed by atoms with Gasteiger partial charge in [0.25, 0.3) is 11.5 Å². The highest BCUT2D eigenvalue weighted by molar-refractivity contribution is 7.16. The third-order valence-electron chi connectivity index (χ3n) is 5.63. The van der Waals surface area contributed by atoms with Crippen molar-refractivity contribution < 1.29 is 9.59 Å². The van der Waals surface area contributed by atoms with Gasteiger partial charge in [0.05, 0.1) is 5.00 Å². The summed E-state index contributed by atoms with van der Waals surface area (Å²) in [5.41, 5.74) is 2.96. The van der Waals surface area contributed by atoms with E-state index in [1.165, 1.54) is 29.3 Å². The molecule has 6 heteroatoms. The van der Waals surface area contributed by atoms with Crippen molar-refractivity contribution in [1.82, 2.24) is 4.98 Å². The first-order valence-electron chi connectivity index (χ1n) is 9.47. The minimum atomic E-state index is -0.446. The van der Waals surface area contributed by atoms with E-state index in [0.717, 1.165) is 23.4 Å². The molecule has 2 aliphatic rings. The lowest BCUT2D eigenvalue weighted by molar-refractivity contribution is 0.0910. The second-order valence-corrected chi connectivity index (χ2v) is 9.57. The fourth-order valence-corrected chi connectivity index (χ4v) is 5.50. The molecule has 2 aliphatic carbocycles. The van der Waals surface area contributed by atoms with Crippen molar-refractivity contribution >= 4 is 28.0 Å². The summed E-state index contributed by atoms with van der Waals surface area (Å²) < 4.78 is 0. The molecule has 0 aromatic carbocycles. The molecule has 0 aliphatic heterocycles. The van der Waals surface area contributed by atoms with Crippen LogP contribution in [0.1, 0.15) is 75.5 Å². The highest BCUT2D eigenvalue weighted by atomic mass is 32.1. The molecule has 0 saturated heterocycles. The highest BCUT2D eigenvalue weighted by Crippen LogP contribution is 2.38. The molecule has 2 aromatic heterocycles. The number of pyridine rings is 1. The molecule has 1 amide bonds. The van der Waals surface area contributed by atoms with Crippen LogP contribution < -0.4 is 10.9 Å². The molecule has 2 heterocycles. The maximum absolute atomic E-state index is 12.8. The minimum Gasteiger partial charge on any atom is -0.325 e. The second-order valence-electron chi connectivity index (χ2n) is 8.46. The lowest BCUT2D eigenvalue weighted by Gasteiger charge is -2.29. The lowest BCUT2D eigenvalue weighted by atomic mass is 9.75. The zero-order valence-electron chi connectivity index (χ0n) is 16.0. The fourth-order valence-electron chi connectivity index (χ4n) is 4.21. The molecule has 0 bridgehead atoms. The van der Waals surface area contributed by atoms with Gasteiger partial charge in [-0.1, -0.05) is 13.8 Å². The second kappa shape index (κ2) is 6.44. The Balaban J connectivity index is 1.66. The average molecular weight is 385 g/mol. The molecule has 0 saturated carbocycles. The number of ketones is 1. The maximum Gasteiger partial charge on any atom is 0.261 e. The van der Waals surface area contributed by atoms with E-state index in [0.29, 0.717) is 24.1 Å². The highest BCUT2D eigenvalue weighted by Gasteiger charge is 2.33. The van der Waals surface area contributed by atoms with Gasteiger partial charge in [-0.3, -0.25) is 14.4 Å². The largest absolute Gasteiger partial charge is 0.325 e. The van der Waals surface area contributed by atoms with E-state index >= 15 is 0 Å². The Bertz CT molecular complexity index is 1010. The first-order valence-corrected chi connectivity index (χ1v) is 10.3. The number of rotatable bonds is 2. The summed E-state index contributed by atoms with van der Waals surface area (Å²) in [6, 6.07) is 1.48. The summed E-state index contributed by atoms with van der Waals surface area (Å²) in [4.78, 5) is 41.9. The number of hydrogen-bond acceptors (Lipinski definition) is 4. The summed E-state index contributed by atoms with van der Waals surface area (Å²) in [5.74, 6) is -0.465. The van der Waals surface area contributed by atoms with Gasteiger partial charge in [0, 0.05) is 22.6 Å². The number of thiophene rings is 1. The summed E-state index contributed by atoms with van der Waals surface area (Å²) in [6.45, 7) is 6.04. The van der Waals surface area contributed by atoms with Gasteiger partial charge in [0.15, 0.2) is 5.78 Å². The molecule has 0 spiro atoms. The summed E-state index contributed by atoms with van der Waals surface area (Å²) in [5, 5.41) is 3.73. The Morgan fingerprint density at radius 2 is 1.93 bits per heavy atom. The van der Waals surface area contributed by atoms with Crippen LogP contribution in [-0.4, -0.2) is 16.7 Å². The van der Waals surface area contributed by atoms with Gasteiger partial charge >= 0.3 is 0 Å². The Morgan fingerprint density at radius 3 is 2.67 bits per heavy atom. The number of amides is 1. The van der Waals surface area contributed by atoms with Crippen LogP contribution in [0, 0.1) is 12.3 Å². The zero-order chi connectivity index (χ0) is 19.3. The number of carbonyl (C=O) groups excluding carboxylic acids is 2. The molecule has 27 heavy (non-hydrogen) atoms. The molecule has 142 valence electrons. The topological polar surface area (TPSA) is 79.0 Å². The number of aromatic amines is 1. The van der Waals surface area contributed by atoms with E-state index in [-0.39, 0.29) is 16.8 Å². The SMILES string of the molecule is Cc1c(NC(=O)c2cc3c([nH]c2=O)CC(C)(C)CC3=O)sc2c1CCCC2. The van der Waals surface area contributed by atoms with Crippen LogP contribution in [0.15, 0.2) is 10.9 Å². The van der Waals surface area contributed by atoms with E-state index in [1.54, 1.807) is 11.3 Å². The summed E-state index contributed by atoms with van der Waals surface area (Å²) in [6.07, 6.45) is 5.52. The van der Waals surface area contributed by atoms with Gasteiger partial charge in [-0.15, -0.1) is 11.3 Å². The Labute approximate surface area is 162 Å². The molecular formula is C21H24N2O3S. The van der Waals surface area contributed by atoms with Crippen molar-refractivity contribution in [1.29, 1.82) is 0 Å². The van der Waals surface area contributed by atoms with Gasteiger partial charge in [0.1, 0.15) is 5.56 Å². The Kier molecular flexibility index (Phi) is 4.34. The van der Waals surface area contributed by atoms with Gasteiger partial charge in [-0.05, 0) is 61.6 Å². The number of aryl methyl sites for hydroxylation is 1. The molecule has 2 N–H and O–H groups in total.